The van der Waals surface area contributed by atoms with E-state index in [-0.39, 0.29) is 6.04 Å². The van der Waals surface area contributed by atoms with Crippen molar-refractivity contribution in [3.8, 4) is 6.07 Å². The summed E-state index contributed by atoms with van der Waals surface area (Å²) in [5.41, 5.74) is 0. The van der Waals surface area contributed by atoms with Gasteiger partial charge < -0.3 is 0 Å². The molecule has 0 aliphatic heterocycles. The monoisotopic (exact) mass is 232 g/mol. The van der Waals surface area contributed by atoms with Gasteiger partial charge in [-0.1, -0.05) is 20.3 Å². The topological polar surface area (TPSA) is 70.0 Å². The molecule has 0 amide bonds. The SMILES string of the molecule is CCC(C)CC(C)NS(=O)(=O)C(C)C#N. The molecule has 0 fully saturated rings. The summed E-state index contributed by atoms with van der Waals surface area (Å²) in [5, 5.41) is 7.55. The van der Waals surface area contributed by atoms with E-state index in [0.717, 1.165) is 12.8 Å². The van der Waals surface area contributed by atoms with Gasteiger partial charge in [0.1, 0.15) is 0 Å². The second-order valence-corrected chi connectivity index (χ2v) is 6.12. The zero-order valence-electron chi connectivity index (χ0n) is 9.82. The van der Waals surface area contributed by atoms with Crippen LogP contribution in [-0.2, 0) is 10.0 Å². The van der Waals surface area contributed by atoms with E-state index in [2.05, 4.69) is 18.6 Å². The number of rotatable bonds is 6. The molecule has 0 aromatic rings. The lowest BCUT2D eigenvalue weighted by Gasteiger charge is -2.18. The van der Waals surface area contributed by atoms with E-state index in [1.165, 1.54) is 6.92 Å². The molecule has 88 valence electrons. The number of hydrogen-bond donors (Lipinski definition) is 1. The third kappa shape index (κ3) is 5.14. The Morgan fingerprint density at radius 2 is 1.87 bits per heavy atom. The van der Waals surface area contributed by atoms with Crippen LogP contribution in [0.25, 0.3) is 0 Å². The van der Waals surface area contributed by atoms with Crippen LogP contribution >= 0.6 is 0 Å². The number of sulfonamides is 1. The summed E-state index contributed by atoms with van der Waals surface area (Å²) in [4.78, 5) is 0. The molecule has 0 radical (unpaired) electrons. The van der Waals surface area contributed by atoms with Crippen molar-refractivity contribution in [3.63, 3.8) is 0 Å². The minimum atomic E-state index is -3.47. The van der Waals surface area contributed by atoms with Crippen LogP contribution in [0.4, 0.5) is 0 Å². The first-order valence-corrected chi connectivity index (χ1v) is 6.78. The van der Waals surface area contributed by atoms with E-state index in [4.69, 9.17) is 5.26 Å². The minimum Gasteiger partial charge on any atom is -0.211 e. The van der Waals surface area contributed by atoms with Crippen LogP contribution in [0.1, 0.15) is 40.5 Å². The van der Waals surface area contributed by atoms with Crippen LogP contribution in [-0.4, -0.2) is 19.7 Å². The first-order chi connectivity index (χ1) is 6.83. The van der Waals surface area contributed by atoms with E-state index in [0.29, 0.717) is 5.92 Å². The molecule has 3 unspecified atom stereocenters. The Morgan fingerprint density at radius 3 is 2.27 bits per heavy atom. The summed E-state index contributed by atoms with van der Waals surface area (Å²) >= 11 is 0. The molecule has 0 rings (SSSR count). The van der Waals surface area contributed by atoms with Crippen molar-refractivity contribution in [2.75, 3.05) is 0 Å². The van der Waals surface area contributed by atoms with Crippen molar-refractivity contribution >= 4 is 10.0 Å². The van der Waals surface area contributed by atoms with E-state index in [1.807, 2.05) is 6.92 Å². The van der Waals surface area contributed by atoms with Gasteiger partial charge in [0.2, 0.25) is 10.0 Å². The summed E-state index contributed by atoms with van der Waals surface area (Å²) in [5.74, 6) is 0.486. The molecule has 3 atom stereocenters. The predicted molar refractivity (Wildman–Crippen MR) is 60.7 cm³/mol. The molecular formula is C10H20N2O2S. The second kappa shape index (κ2) is 6.09. The van der Waals surface area contributed by atoms with Crippen molar-refractivity contribution in [1.82, 2.24) is 4.72 Å². The molecule has 0 heterocycles. The van der Waals surface area contributed by atoms with Crippen LogP contribution in [0.15, 0.2) is 0 Å². The third-order valence-electron chi connectivity index (χ3n) is 2.47. The predicted octanol–water partition coefficient (Wildman–Crippen LogP) is 1.64. The number of nitrogens with one attached hydrogen (secondary N) is 1. The molecule has 0 aromatic heterocycles. The average molecular weight is 232 g/mol. The highest BCUT2D eigenvalue weighted by atomic mass is 32.2. The van der Waals surface area contributed by atoms with Crippen molar-refractivity contribution in [3.05, 3.63) is 0 Å². The molecule has 0 saturated heterocycles. The first-order valence-electron chi connectivity index (χ1n) is 5.24. The van der Waals surface area contributed by atoms with Gasteiger partial charge in [0.25, 0.3) is 0 Å². The number of nitriles is 1. The molecule has 0 bridgehead atoms. The second-order valence-electron chi connectivity index (χ2n) is 4.08. The van der Waals surface area contributed by atoms with E-state index < -0.39 is 15.3 Å². The molecule has 4 nitrogen and oxygen atoms in total. The largest absolute Gasteiger partial charge is 0.227 e. The Labute approximate surface area is 92.7 Å². The molecule has 0 aliphatic carbocycles. The van der Waals surface area contributed by atoms with Gasteiger partial charge >= 0.3 is 0 Å². The van der Waals surface area contributed by atoms with Crippen molar-refractivity contribution in [2.24, 2.45) is 5.92 Å². The van der Waals surface area contributed by atoms with Crippen molar-refractivity contribution in [1.29, 1.82) is 5.26 Å². The zero-order chi connectivity index (χ0) is 12.1. The van der Waals surface area contributed by atoms with Gasteiger partial charge in [-0.15, -0.1) is 0 Å². The maximum absolute atomic E-state index is 11.5. The van der Waals surface area contributed by atoms with Crippen molar-refractivity contribution < 1.29 is 8.42 Å². The fourth-order valence-corrected chi connectivity index (χ4v) is 2.27. The normalized spacial score (nSPS) is 17.8. The van der Waals surface area contributed by atoms with Gasteiger partial charge in [-0.3, -0.25) is 0 Å². The molecular weight excluding hydrogens is 212 g/mol. The van der Waals surface area contributed by atoms with Gasteiger partial charge in [0.15, 0.2) is 5.25 Å². The van der Waals surface area contributed by atoms with E-state index in [1.54, 1.807) is 6.07 Å². The van der Waals surface area contributed by atoms with Crippen LogP contribution in [0, 0.1) is 17.2 Å². The summed E-state index contributed by atoms with van der Waals surface area (Å²) in [6.45, 7) is 7.37. The maximum atomic E-state index is 11.5. The molecule has 5 heteroatoms. The van der Waals surface area contributed by atoms with Gasteiger partial charge in [-0.05, 0) is 26.2 Å². The molecule has 0 spiro atoms. The number of nitrogens with zero attached hydrogens (tertiary/aromatic N) is 1. The van der Waals surface area contributed by atoms with Crippen LogP contribution < -0.4 is 4.72 Å². The smallest absolute Gasteiger partial charge is 0.211 e. The van der Waals surface area contributed by atoms with Crippen LogP contribution in [0.3, 0.4) is 0 Å². The van der Waals surface area contributed by atoms with Gasteiger partial charge in [-0.25, -0.2) is 13.1 Å². The molecule has 0 aliphatic rings. The Bertz CT molecular complexity index is 319. The third-order valence-corrected chi connectivity index (χ3v) is 4.23. The fraction of sp³-hybridized carbons (Fsp3) is 0.900. The highest BCUT2D eigenvalue weighted by Gasteiger charge is 2.22. The Balaban J connectivity index is 4.30. The van der Waals surface area contributed by atoms with Gasteiger partial charge in [-0.2, -0.15) is 5.26 Å². The molecule has 15 heavy (non-hydrogen) atoms. The molecule has 0 aromatic carbocycles. The molecule has 0 saturated carbocycles. The first kappa shape index (κ1) is 14.4. The van der Waals surface area contributed by atoms with Gasteiger partial charge in [0, 0.05) is 6.04 Å². The highest BCUT2D eigenvalue weighted by Crippen LogP contribution is 2.11. The maximum Gasteiger partial charge on any atom is 0.227 e. The lowest BCUT2D eigenvalue weighted by atomic mass is 10.0. The quantitative estimate of drug-likeness (QED) is 0.757. The van der Waals surface area contributed by atoms with E-state index >= 15 is 0 Å². The van der Waals surface area contributed by atoms with Crippen LogP contribution in [0.5, 0.6) is 0 Å². The Kier molecular flexibility index (Phi) is 5.84. The Hall–Kier alpha value is -0.600. The lowest BCUT2D eigenvalue weighted by Crippen LogP contribution is -2.38. The highest BCUT2D eigenvalue weighted by molar-refractivity contribution is 7.90. The zero-order valence-corrected chi connectivity index (χ0v) is 10.6. The van der Waals surface area contributed by atoms with Crippen molar-refractivity contribution in [2.45, 2.75) is 51.8 Å². The Morgan fingerprint density at radius 1 is 1.33 bits per heavy atom. The lowest BCUT2D eigenvalue weighted by molar-refractivity contribution is 0.445. The van der Waals surface area contributed by atoms with Gasteiger partial charge in [0.05, 0.1) is 6.07 Å². The average Bonchev–Trinajstić information content (AvgIpc) is 2.15. The summed E-state index contributed by atoms with van der Waals surface area (Å²) in [6, 6.07) is 1.62. The summed E-state index contributed by atoms with van der Waals surface area (Å²) < 4.78 is 25.5. The minimum absolute atomic E-state index is 0.110. The molecule has 1 N–H and O–H groups in total. The summed E-state index contributed by atoms with van der Waals surface area (Å²) in [7, 11) is -3.47. The van der Waals surface area contributed by atoms with E-state index in [9.17, 15) is 8.42 Å². The fourth-order valence-electron chi connectivity index (χ4n) is 1.27. The number of hydrogen-bond acceptors (Lipinski definition) is 3. The standard InChI is InChI=1S/C10H20N2O2S/c1-5-8(2)6-9(3)12-15(13,14)10(4)7-11/h8-10,12H,5-6H2,1-4H3. The van der Waals surface area contributed by atoms with Crippen LogP contribution in [0.2, 0.25) is 0 Å². The summed E-state index contributed by atoms with van der Waals surface area (Å²) in [6.07, 6.45) is 1.83.